The fraction of sp³-hybridized carbons (Fsp3) is 0.227. The topological polar surface area (TPSA) is 132 Å². The number of halogens is 1. The van der Waals surface area contributed by atoms with E-state index in [9.17, 15) is 14.9 Å². The molecule has 12 heteroatoms. The van der Waals surface area contributed by atoms with Crippen LogP contribution in [0.4, 0.5) is 33.5 Å². The van der Waals surface area contributed by atoms with Gasteiger partial charge < -0.3 is 19.7 Å². The van der Waals surface area contributed by atoms with Crippen molar-refractivity contribution in [1.29, 1.82) is 0 Å². The molecule has 0 radical (unpaired) electrons. The van der Waals surface area contributed by atoms with Gasteiger partial charge in [0, 0.05) is 42.7 Å². The van der Waals surface area contributed by atoms with Crippen molar-refractivity contribution in [2.24, 2.45) is 0 Å². The van der Waals surface area contributed by atoms with Gasteiger partial charge in [0.1, 0.15) is 23.2 Å². The zero-order valence-electron chi connectivity index (χ0n) is 18.3. The maximum Gasteiger partial charge on any atom is 0.417 e. The molecule has 0 saturated carbocycles. The second kappa shape index (κ2) is 11.3. The Morgan fingerprint density at radius 1 is 1.06 bits per heavy atom. The highest BCUT2D eigenvalue weighted by Crippen LogP contribution is 2.22. The summed E-state index contributed by atoms with van der Waals surface area (Å²) in [7, 11) is 0. The Bertz CT molecular complexity index is 1140. The van der Waals surface area contributed by atoms with Gasteiger partial charge in [-0.1, -0.05) is 0 Å². The van der Waals surface area contributed by atoms with E-state index in [0.29, 0.717) is 30.5 Å². The van der Waals surface area contributed by atoms with E-state index >= 15 is 0 Å². The number of rotatable bonds is 6. The van der Waals surface area contributed by atoms with Gasteiger partial charge in [0.2, 0.25) is 0 Å². The molecule has 0 aliphatic carbocycles. The normalized spacial score (nSPS) is 12.9. The van der Waals surface area contributed by atoms with Gasteiger partial charge in [0.25, 0.3) is 5.69 Å². The highest BCUT2D eigenvalue weighted by atomic mass is 35.5. The van der Waals surface area contributed by atoms with Crippen molar-refractivity contribution >= 4 is 47.2 Å². The van der Waals surface area contributed by atoms with E-state index in [4.69, 9.17) is 9.47 Å². The van der Waals surface area contributed by atoms with E-state index in [1.54, 1.807) is 24.3 Å². The molecule has 0 bridgehead atoms. The van der Waals surface area contributed by atoms with Crippen LogP contribution in [0.15, 0.2) is 54.6 Å². The third-order valence-corrected chi connectivity index (χ3v) is 4.82. The monoisotopic (exact) mass is 486 g/mol. The molecule has 0 atom stereocenters. The average molecular weight is 487 g/mol. The third kappa shape index (κ3) is 6.53. The molecule has 2 heterocycles. The third-order valence-electron chi connectivity index (χ3n) is 4.82. The fourth-order valence-corrected chi connectivity index (χ4v) is 3.24. The molecule has 0 spiro atoms. The first-order valence-corrected chi connectivity index (χ1v) is 10.2. The van der Waals surface area contributed by atoms with Crippen LogP contribution < -0.4 is 20.3 Å². The van der Waals surface area contributed by atoms with Gasteiger partial charge in [-0.3, -0.25) is 15.4 Å². The summed E-state index contributed by atoms with van der Waals surface area (Å²) in [5.41, 5.74) is 1.23. The van der Waals surface area contributed by atoms with Crippen molar-refractivity contribution in [1.82, 2.24) is 9.97 Å². The van der Waals surface area contributed by atoms with Gasteiger partial charge in [-0.2, -0.15) is 0 Å². The molecule has 4 rings (SSSR count). The number of nitrogens with zero attached hydrogens (tertiary/aromatic N) is 4. The van der Waals surface area contributed by atoms with Crippen LogP contribution in [0.2, 0.25) is 0 Å². The average Bonchev–Trinajstić information content (AvgIpc) is 2.81. The van der Waals surface area contributed by atoms with E-state index in [-0.39, 0.29) is 23.8 Å². The number of nitro benzene ring substituents is 1. The van der Waals surface area contributed by atoms with Crippen molar-refractivity contribution < 1.29 is 19.2 Å². The molecule has 34 heavy (non-hydrogen) atoms. The van der Waals surface area contributed by atoms with Crippen LogP contribution in [-0.4, -0.2) is 47.3 Å². The van der Waals surface area contributed by atoms with Crippen LogP contribution in [0.3, 0.4) is 0 Å². The van der Waals surface area contributed by atoms with Gasteiger partial charge in [-0.15, -0.1) is 12.4 Å². The minimum Gasteiger partial charge on any atom is -0.410 e. The summed E-state index contributed by atoms with van der Waals surface area (Å²) in [6.45, 7) is 4.76. The zero-order valence-corrected chi connectivity index (χ0v) is 19.1. The van der Waals surface area contributed by atoms with Gasteiger partial charge >= 0.3 is 6.09 Å². The van der Waals surface area contributed by atoms with Crippen molar-refractivity contribution in [2.45, 2.75) is 6.92 Å². The standard InChI is InChI=1S/C22H22N6O5.ClH/c1-15-23-20(14-21(24-15)27-10-12-32-13-11-27)25-16-2-4-17(5-3-16)26-22(29)33-19-8-6-18(7-9-19)28(30)31;/h2-9,14H,10-13H2,1H3,(H,26,29)(H,23,24,25);1H. The molecule has 0 unspecified atom stereocenters. The summed E-state index contributed by atoms with van der Waals surface area (Å²) in [6, 6.07) is 14.2. The van der Waals surface area contributed by atoms with E-state index in [1.165, 1.54) is 24.3 Å². The first-order valence-electron chi connectivity index (χ1n) is 10.2. The summed E-state index contributed by atoms with van der Waals surface area (Å²) in [6.07, 6.45) is -0.703. The minimum atomic E-state index is -0.703. The lowest BCUT2D eigenvalue weighted by Gasteiger charge is -2.28. The molecule has 178 valence electrons. The Labute approximate surface area is 201 Å². The number of hydrogen-bond donors (Lipinski definition) is 2. The van der Waals surface area contributed by atoms with Crippen molar-refractivity contribution in [3.8, 4) is 5.75 Å². The quantitative estimate of drug-likeness (QED) is 0.386. The maximum absolute atomic E-state index is 12.1. The Kier molecular flexibility index (Phi) is 8.17. The predicted octanol–water partition coefficient (Wildman–Crippen LogP) is 4.31. The number of carbonyl (C=O) groups excluding carboxylic acids is 1. The Hall–Kier alpha value is -3.96. The number of benzene rings is 2. The number of nitro groups is 1. The van der Waals surface area contributed by atoms with Crippen LogP contribution in [0.5, 0.6) is 5.75 Å². The van der Waals surface area contributed by atoms with Crippen molar-refractivity contribution in [2.75, 3.05) is 41.8 Å². The number of nitrogens with one attached hydrogen (secondary N) is 2. The smallest absolute Gasteiger partial charge is 0.410 e. The number of amides is 1. The van der Waals surface area contributed by atoms with Crippen LogP contribution in [-0.2, 0) is 4.74 Å². The van der Waals surface area contributed by atoms with Crippen molar-refractivity contribution in [3.05, 3.63) is 70.5 Å². The summed E-state index contributed by atoms with van der Waals surface area (Å²) in [5.74, 6) is 2.38. The lowest BCUT2D eigenvalue weighted by atomic mass is 10.2. The Morgan fingerprint density at radius 2 is 1.71 bits per heavy atom. The first-order chi connectivity index (χ1) is 16.0. The van der Waals surface area contributed by atoms with Gasteiger partial charge in [0.15, 0.2) is 0 Å². The van der Waals surface area contributed by atoms with E-state index in [2.05, 4.69) is 25.5 Å². The number of hydrogen-bond acceptors (Lipinski definition) is 9. The van der Waals surface area contributed by atoms with Gasteiger partial charge in [-0.05, 0) is 43.3 Å². The maximum atomic E-state index is 12.1. The number of anilines is 4. The van der Waals surface area contributed by atoms with Gasteiger partial charge in [0.05, 0.1) is 18.1 Å². The van der Waals surface area contributed by atoms with Crippen LogP contribution in [0.1, 0.15) is 5.82 Å². The highest BCUT2D eigenvalue weighted by molar-refractivity contribution is 5.86. The van der Waals surface area contributed by atoms with Crippen LogP contribution in [0, 0.1) is 17.0 Å². The molecule has 2 N–H and O–H groups in total. The number of aryl methyl sites for hydroxylation is 1. The number of carbonyl (C=O) groups is 1. The Morgan fingerprint density at radius 3 is 2.35 bits per heavy atom. The Balaban J connectivity index is 0.00000324. The lowest BCUT2D eigenvalue weighted by Crippen LogP contribution is -2.36. The molecule has 1 fully saturated rings. The fourth-order valence-electron chi connectivity index (χ4n) is 3.24. The molecular formula is C22H23ClN6O5. The highest BCUT2D eigenvalue weighted by Gasteiger charge is 2.14. The molecule has 1 aliphatic rings. The first kappa shape index (κ1) is 24.7. The molecule has 1 saturated heterocycles. The zero-order chi connectivity index (χ0) is 23.2. The predicted molar refractivity (Wildman–Crippen MR) is 130 cm³/mol. The molecule has 3 aromatic rings. The second-order valence-corrected chi connectivity index (χ2v) is 7.23. The van der Waals surface area contributed by atoms with Gasteiger partial charge in [-0.25, -0.2) is 14.8 Å². The number of aromatic nitrogens is 2. The van der Waals surface area contributed by atoms with E-state index < -0.39 is 11.0 Å². The van der Waals surface area contributed by atoms with E-state index in [1.807, 2.05) is 13.0 Å². The largest absolute Gasteiger partial charge is 0.417 e. The molecule has 1 amide bonds. The molecule has 1 aliphatic heterocycles. The summed E-state index contributed by atoms with van der Waals surface area (Å²) < 4.78 is 10.5. The SMILES string of the molecule is Cc1nc(Nc2ccc(NC(=O)Oc3ccc([N+](=O)[O-])cc3)cc2)cc(N2CCOCC2)n1.Cl. The second-order valence-electron chi connectivity index (χ2n) is 7.23. The summed E-state index contributed by atoms with van der Waals surface area (Å²) in [4.78, 5) is 33.4. The van der Waals surface area contributed by atoms with E-state index in [0.717, 1.165) is 24.6 Å². The number of non-ortho nitro benzene ring substituents is 1. The number of ether oxygens (including phenoxy) is 2. The molecule has 2 aromatic carbocycles. The van der Waals surface area contributed by atoms with Crippen LogP contribution >= 0.6 is 12.4 Å². The molecular weight excluding hydrogens is 464 g/mol. The number of morpholine rings is 1. The molecule has 11 nitrogen and oxygen atoms in total. The summed E-state index contributed by atoms with van der Waals surface area (Å²) >= 11 is 0. The lowest BCUT2D eigenvalue weighted by molar-refractivity contribution is -0.384. The summed E-state index contributed by atoms with van der Waals surface area (Å²) in [5, 5.41) is 16.6. The van der Waals surface area contributed by atoms with Crippen LogP contribution in [0.25, 0.3) is 0 Å². The molecule has 1 aromatic heterocycles. The minimum absolute atomic E-state index is 0. The van der Waals surface area contributed by atoms with Crippen molar-refractivity contribution in [3.63, 3.8) is 0 Å².